The predicted octanol–water partition coefficient (Wildman–Crippen LogP) is 5.18. The molecule has 0 aliphatic heterocycles. The summed E-state index contributed by atoms with van der Waals surface area (Å²) in [5.74, 6) is -0.866. The first-order valence-electron chi connectivity index (χ1n) is 9.03. The summed E-state index contributed by atoms with van der Waals surface area (Å²) in [6.07, 6.45) is 5.87. The summed E-state index contributed by atoms with van der Waals surface area (Å²) in [7, 11) is 0.500. The molecule has 1 amide bonds. The summed E-state index contributed by atoms with van der Waals surface area (Å²) in [5, 5.41) is 15.7. The molecule has 0 unspecified atom stereocenters. The lowest BCUT2D eigenvalue weighted by molar-refractivity contribution is -0.118. The summed E-state index contributed by atoms with van der Waals surface area (Å²) in [4.78, 5) is 25.5. The highest BCUT2D eigenvalue weighted by Gasteiger charge is 2.12. The van der Waals surface area contributed by atoms with Crippen molar-refractivity contribution in [3.63, 3.8) is 0 Å². The third-order valence-corrected chi connectivity index (χ3v) is 3.68. The summed E-state index contributed by atoms with van der Waals surface area (Å²) < 4.78 is 22.7. The Morgan fingerprint density at radius 1 is 1.25 bits per heavy atom. The Morgan fingerprint density at radius 2 is 1.88 bits per heavy atom. The van der Waals surface area contributed by atoms with E-state index in [1.165, 1.54) is 42.4 Å². The standard InChI is InChI=1S/C11H8FNO.C6H10N2OS.C4H8N2.CH3F.3H2/c12-10-4-2-1-3-9(10)11(14)8-5-6-13-7-8;1-5(10-4-7)3-8-6(2)9;1-4(6)2-3-5;1-2;;;/h1-7,13H;4,7H,1,3H2,2H3,(H,8,9);2-3,5H,6H2,1H3;1H3;3*1H/b;;4-2-,5-3?;;;;. The first-order chi connectivity index (χ1) is 15.2. The third kappa shape index (κ3) is 15.3. The van der Waals surface area contributed by atoms with Crippen molar-refractivity contribution in [1.29, 1.82) is 10.8 Å². The summed E-state index contributed by atoms with van der Waals surface area (Å²) in [5.41, 5.74) is 7.54. The number of nitrogens with one attached hydrogen (secondary N) is 4. The molecule has 0 saturated heterocycles. The van der Waals surface area contributed by atoms with Crippen molar-refractivity contribution in [3.8, 4) is 0 Å². The van der Waals surface area contributed by atoms with Gasteiger partial charge in [-0.25, -0.2) is 4.39 Å². The molecular weight excluding hydrogens is 436 g/mol. The van der Waals surface area contributed by atoms with Gasteiger partial charge in [0, 0.05) is 52.5 Å². The lowest BCUT2D eigenvalue weighted by Crippen LogP contribution is -2.21. The van der Waals surface area contributed by atoms with Gasteiger partial charge in [-0.15, -0.1) is 0 Å². The molecule has 180 valence electrons. The maximum atomic E-state index is 13.2. The van der Waals surface area contributed by atoms with E-state index in [4.69, 9.17) is 16.6 Å². The fraction of sp³-hybridized carbons (Fsp3) is 0.182. The minimum Gasteiger partial charge on any atom is -0.402 e. The number of H-pyrrole nitrogens is 1. The van der Waals surface area contributed by atoms with Crippen molar-refractivity contribution in [2.24, 2.45) is 5.73 Å². The highest BCUT2D eigenvalue weighted by atomic mass is 32.2. The summed E-state index contributed by atoms with van der Waals surface area (Å²) in [6, 6.07) is 7.57. The fourth-order valence-electron chi connectivity index (χ4n) is 1.75. The maximum Gasteiger partial charge on any atom is 0.217 e. The van der Waals surface area contributed by atoms with E-state index in [0.717, 1.165) is 11.1 Å². The number of hydrogen-bond acceptors (Lipinski definition) is 6. The van der Waals surface area contributed by atoms with Gasteiger partial charge in [0.1, 0.15) is 5.82 Å². The van der Waals surface area contributed by atoms with Gasteiger partial charge in [-0.2, -0.15) is 0 Å². The van der Waals surface area contributed by atoms with Crippen molar-refractivity contribution in [2.75, 3.05) is 13.7 Å². The van der Waals surface area contributed by atoms with Crippen LogP contribution < -0.4 is 11.1 Å². The molecule has 10 heteroatoms. The molecule has 7 nitrogen and oxygen atoms in total. The number of hydrogen-bond donors (Lipinski definition) is 5. The van der Waals surface area contributed by atoms with Gasteiger partial charge in [-0.1, -0.05) is 30.5 Å². The largest absolute Gasteiger partial charge is 0.402 e. The van der Waals surface area contributed by atoms with E-state index in [-0.39, 0.29) is 21.5 Å². The van der Waals surface area contributed by atoms with Crippen LogP contribution in [-0.4, -0.2) is 42.2 Å². The molecule has 1 aromatic heterocycles. The molecule has 0 fully saturated rings. The van der Waals surface area contributed by atoms with Crippen molar-refractivity contribution in [2.45, 2.75) is 13.8 Å². The van der Waals surface area contributed by atoms with Crippen molar-refractivity contribution >= 4 is 35.2 Å². The van der Waals surface area contributed by atoms with Gasteiger partial charge in [0.25, 0.3) is 0 Å². The Morgan fingerprint density at radius 3 is 2.28 bits per heavy atom. The van der Waals surface area contributed by atoms with E-state index in [1.807, 2.05) is 0 Å². The molecule has 0 aliphatic carbocycles. The Labute approximate surface area is 195 Å². The first-order valence-corrected chi connectivity index (χ1v) is 9.91. The maximum absolute atomic E-state index is 13.2. The molecule has 32 heavy (non-hydrogen) atoms. The Hall–Kier alpha value is -3.53. The van der Waals surface area contributed by atoms with E-state index >= 15 is 0 Å². The van der Waals surface area contributed by atoms with Crippen molar-refractivity contribution < 1.29 is 22.6 Å². The lowest BCUT2D eigenvalue weighted by Gasteiger charge is -2.00. The van der Waals surface area contributed by atoms with Crippen molar-refractivity contribution in [3.05, 3.63) is 82.9 Å². The number of rotatable bonds is 7. The van der Waals surface area contributed by atoms with Gasteiger partial charge in [-0.3, -0.25) is 14.0 Å². The molecule has 1 aromatic carbocycles. The SMILES string of the molecule is C/C(N)=C/C=N.C=C(CNC(C)=O)SC=N.CF.O=C(c1cc[nH]c1)c1ccccc1F.[HH].[HH].[HH]. The third-order valence-electron chi connectivity index (χ3n) is 3.08. The monoisotopic (exact) mass is 471 g/mol. The molecule has 0 spiro atoms. The molecular formula is C22H35F2N5O2S. The molecule has 6 N–H and O–H groups in total. The Balaban J connectivity index is -0.000000128. The van der Waals surface area contributed by atoms with Crippen LogP contribution in [0.3, 0.4) is 0 Å². The van der Waals surface area contributed by atoms with Gasteiger partial charge < -0.3 is 26.9 Å². The number of alkyl halides is 1. The number of aromatic nitrogens is 1. The number of ketones is 1. The molecule has 0 bridgehead atoms. The zero-order valence-corrected chi connectivity index (χ0v) is 19.1. The predicted molar refractivity (Wildman–Crippen MR) is 135 cm³/mol. The normalized spacial score (nSPS) is 9.34. The van der Waals surface area contributed by atoms with Crippen LogP contribution in [-0.2, 0) is 4.79 Å². The average molecular weight is 472 g/mol. The van der Waals surface area contributed by atoms with Gasteiger partial charge in [0.2, 0.25) is 5.91 Å². The number of benzene rings is 1. The number of aromatic amines is 1. The minimum atomic E-state index is -0.487. The van der Waals surface area contributed by atoms with Gasteiger partial charge >= 0.3 is 0 Å². The van der Waals surface area contributed by atoms with Crippen molar-refractivity contribution in [1.82, 2.24) is 10.3 Å². The Bertz CT molecular complexity index is 895. The van der Waals surface area contributed by atoms with Crippen LogP contribution in [0.4, 0.5) is 8.78 Å². The quantitative estimate of drug-likeness (QED) is 0.216. The number of allylic oxidation sites excluding steroid dienone is 2. The second-order valence-corrected chi connectivity index (χ2v) is 6.72. The zero-order chi connectivity index (χ0) is 24.9. The molecule has 0 saturated carbocycles. The van der Waals surface area contributed by atoms with E-state index in [1.54, 1.807) is 37.5 Å². The molecule has 0 atom stereocenters. The average Bonchev–Trinajstić information content (AvgIpc) is 3.30. The van der Waals surface area contributed by atoms with E-state index in [0.29, 0.717) is 25.0 Å². The summed E-state index contributed by atoms with van der Waals surface area (Å²) in [6.45, 7) is 7.24. The lowest BCUT2D eigenvalue weighted by atomic mass is 10.1. The van der Waals surface area contributed by atoms with Crippen LogP contribution >= 0.6 is 11.8 Å². The second kappa shape index (κ2) is 19.4. The highest BCUT2D eigenvalue weighted by Crippen LogP contribution is 2.12. The Kier molecular flexibility index (Phi) is 18.6. The first kappa shape index (κ1) is 30.7. The van der Waals surface area contributed by atoms with Crippen LogP contribution in [0.5, 0.6) is 0 Å². The molecule has 2 rings (SSSR count). The van der Waals surface area contributed by atoms with Crippen LogP contribution in [0.1, 0.15) is 34.0 Å². The number of amides is 1. The molecule has 1 heterocycles. The van der Waals surface area contributed by atoms with Crippen LogP contribution in [0.2, 0.25) is 0 Å². The van der Waals surface area contributed by atoms with Gasteiger partial charge in [0.05, 0.1) is 18.3 Å². The van der Waals surface area contributed by atoms with E-state index in [9.17, 15) is 18.4 Å². The van der Waals surface area contributed by atoms with Crippen LogP contribution in [0, 0.1) is 16.6 Å². The number of carbonyl (C=O) groups excluding carboxylic acids is 2. The van der Waals surface area contributed by atoms with Crippen LogP contribution in [0.15, 0.2) is 66.0 Å². The van der Waals surface area contributed by atoms with Gasteiger partial charge in [0.15, 0.2) is 5.78 Å². The minimum absolute atomic E-state index is 0. The topological polar surface area (TPSA) is 136 Å². The highest BCUT2D eigenvalue weighted by molar-refractivity contribution is 8.15. The molecule has 2 aromatic rings. The fourth-order valence-corrected chi connectivity index (χ4v) is 2.07. The second-order valence-electron chi connectivity index (χ2n) is 5.67. The van der Waals surface area contributed by atoms with E-state index < -0.39 is 5.82 Å². The summed E-state index contributed by atoms with van der Waals surface area (Å²) >= 11 is 1.21. The number of halogens is 2. The molecule has 0 aliphatic rings. The number of thioether (sulfide) groups is 1. The zero-order valence-electron chi connectivity index (χ0n) is 18.2. The smallest absolute Gasteiger partial charge is 0.217 e. The van der Waals surface area contributed by atoms with Crippen LogP contribution in [0.25, 0.3) is 0 Å². The van der Waals surface area contributed by atoms with E-state index in [2.05, 4.69) is 16.9 Å². The number of carbonyl (C=O) groups is 2. The number of nitrogens with two attached hydrogens (primary N) is 1. The van der Waals surface area contributed by atoms with Gasteiger partial charge in [-0.05, 0) is 31.2 Å². The molecule has 0 radical (unpaired) electrons.